The van der Waals surface area contributed by atoms with Gasteiger partial charge in [-0.2, -0.15) is 15.2 Å². The molecule has 12 nitrogen and oxygen atoms in total. The molecule has 4 N–H and O–H groups in total. The largest absolute Gasteiger partial charge is 0.494 e. The standard InChI is InChI=1S/C23H28N10O2/c1-6-33-14(3)16(13(2)30-33)10-25-23-26-11-17(20(24)34)22(29-23)28-18-9-7-8-15(19(18)35-5)21-27-12-32(4)31-21/h7-9,11-12H,6,10H2,1-5H3,(H2,24,34)(H2,25,26,28,29). The second-order valence-electron chi connectivity index (χ2n) is 7.89. The van der Waals surface area contributed by atoms with Gasteiger partial charge in [0.15, 0.2) is 11.6 Å². The molecular formula is C23H28N10O2. The number of methoxy groups -OCH3 is 1. The maximum atomic E-state index is 12.1. The molecule has 0 aliphatic carbocycles. The fraction of sp³-hybridized carbons (Fsp3) is 0.304. The van der Waals surface area contributed by atoms with Gasteiger partial charge in [0, 0.05) is 37.6 Å². The van der Waals surface area contributed by atoms with E-state index in [9.17, 15) is 4.79 Å². The Morgan fingerprint density at radius 1 is 1.20 bits per heavy atom. The van der Waals surface area contributed by atoms with E-state index in [1.165, 1.54) is 6.20 Å². The summed E-state index contributed by atoms with van der Waals surface area (Å²) in [5.41, 5.74) is 10.1. The number of nitrogens with two attached hydrogens (primary N) is 1. The van der Waals surface area contributed by atoms with E-state index in [-0.39, 0.29) is 11.4 Å². The molecule has 3 heterocycles. The highest BCUT2D eigenvalue weighted by atomic mass is 16.5. The van der Waals surface area contributed by atoms with Crippen molar-refractivity contribution in [1.82, 2.24) is 34.5 Å². The highest BCUT2D eigenvalue weighted by Gasteiger charge is 2.18. The number of amides is 1. The Hall–Kier alpha value is -4.48. The molecule has 0 unspecified atom stereocenters. The number of carbonyl (C=O) groups excluding carboxylic acids is 1. The first-order valence-corrected chi connectivity index (χ1v) is 11.1. The number of aromatic nitrogens is 7. The van der Waals surface area contributed by atoms with E-state index in [1.807, 2.05) is 37.6 Å². The van der Waals surface area contributed by atoms with Gasteiger partial charge < -0.3 is 21.1 Å². The van der Waals surface area contributed by atoms with E-state index in [4.69, 9.17) is 10.5 Å². The van der Waals surface area contributed by atoms with Gasteiger partial charge in [-0.3, -0.25) is 14.2 Å². The highest BCUT2D eigenvalue weighted by Crippen LogP contribution is 2.36. The zero-order valence-electron chi connectivity index (χ0n) is 20.3. The lowest BCUT2D eigenvalue weighted by molar-refractivity contribution is 0.100. The summed E-state index contributed by atoms with van der Waals surface area (Å²) < 4.78 is 9.21. The van der Waals surface area contributed by atoms with Crippen LogP contribution in [0.2, 0.25) is 0 Å². The number of para-hydroxylation sites is 1. The van der Waals surface area contributed by atoms with Crippen molar-refractivity contribution >= 4 is 23.4 Å². The predicted molar refractivity (Wildman–Crippen MR) is 132 cm³/mol. The molecular weight excluding hydrogens is 448 g/mol. The normalized spacial score (nSPS) is 10.9. The number of hydrogen-bond donors (Lipinski definition) is 3. The number of nitrogens with one attached hydrogen (secondary N) is 2. The van der Waals surface area contributed by atoms with Crippen molar-refractivity contribution in [2.75, 3.05) is 17.7 Å². The molecule has 0 aliphatic rings. The SMILES string of the molecule is CCn1nc(C)c(CNc2ncc(C(N)=O)c(Nc3cccc(-c4ncn(C)n4)c3OC)n2)c1C. The van der Waals surface area contributed by atoms with Gasteiger partial charge in [0.25, 0.3) is 5.91 Å². The molecule has 0 bridgehead atoms. The predicted octanol–water partition coefficient (Wildman–Crippen LogP) is 2.57. The van der Waals surface area contributed by atoms with Gasteiger partial charge in [0.1, 0.15) is 17.7 Å². The summed E-state index contributed by atoms with van der Waals surface area (Å²) in [5.74, 6) is 0.933. The maximum Gasteiger partial charge on any atom is 0.254 e. The number of rotatable bonds is 9. The first-order valence-electron chi connectivity index (χ1n) is 11.1. The molecule has 35 heavy (non-hydrogen) atoms. The van der Waals surface area contributed by atoms with Crippen LogP contribution in [0.5, 0.6) is 5.75 Å². The van der Waals surface area contributed by atoms with Crippen LogP contribution in [0.1, 0.15) is 34.2 Å². The maximum absolute atomic E-state index is 12.1. The lowest BCUT2D eigenvalue weighted by atomic mass is 10.1. The molecule has 182 valence electrons. The average Bonchev–Trinajstić information content (AvgIpc) is 3.39. The molecule has 1 amide bonds. The minimum atomic E-state index is -0.656. The lowest BCUT2D eigenvalue weighted by Crippen LogP contribution is -2.16. The zero-order chi connectivity index (χ0) is 25.1. The van der Waals surface area contributed by atoms with Crippen molar-refractivity contribution in [3.63, 3.8) is 0 Å². The molecule has 3 aromatic heterocycles. The Morgan fingerprint density at radius 3 is 2.63 bits per heavy atom. The van der Waals surface area contributed by atoms with Crippen LogP contribution >= 0.6 is 0 Å². The summed E-state index contributed by atoms with van der Waals surface area (Å²) in [6.45, 7) is 7.32. The van der Waals surface area contributed by atoms with Crippen LogP contribution in [0.4, 0.5) is 17.5 Å². The Balaban J connectivity index is 1.65. The molecule has 1 aromatic carbocycles. The summed E-state index contributed by atoms with van der Waals surface area (Å²) in [7, 11) is 3.34. The third-order valence-corrected chi connectivity index (χ3v) is 5.62. The van der Waals surface area contributed by atoms with Crippen LogP contribution in [-0.2, 0) is 20.1 Å². The number of nitrogens with zero attached hydrogens (tertiary/aromatic N) is 7. The van der Waals surface area contributed by atoms with Crippen molar-refractivity contribution in [1.29, 1.82) is 0 Å². The quantitative estimate of drug-likeness (QED) is 0.331. The second kappa shape index (κ2) is 9.79. The number of primary amides is 1. The molecule has 4 rings (SSSR count). The Bertz CT molecular complexity index is 1370. The van der Waals surface area contributed by atoms with Crippen molar-refractivity contribution in [3.8, 4) is 17.1 Å². The van der Waals surface area contributed by atoms with Gasteiger partial charge in [-0.1, -0.05) is 6.07 Å². The number of ether oxygens (including phenoxy) is 1. The molecule has 0 aliphatic heterocycles. The van der Waals surface area contributed by atoms with Gasteiger partial charge in [-0.15, -0.1) is 0 Å². The van der Waals surface area contributed by atoms with Crippen molar-refractivity contribution in [2.24, 2.45) is 12.8 Å². The smallest absolute Gasteiger partial charge is 0.254 e. The van der Waals surface area contributed by atoms with Gasteiger partial charge in [0.05, 0.1) is 24.1 Å². The molecule has 0 saturated heterocycles. The lowest BCUT2D eigenvalue weighted by Gasteiger charge is -2.15. The van der Waals surface area contributed by atoms with Crippen LogP contribution in [-0.4, -0.2) is 47.5 Å². The number of carbonyl (C=O) groups is 1. The minimum Gasteiger partial charge on any atom is -0.494 e. The number of hydrogen-bond acceptors (Lipinski definition) is 9. The van der Waals surface area contributed by atoms with Gasteiger partial charge >= 0.3 is 0 Å². The second-order valence-corrected chi connectivity index (χ2v) is 7.89. The molecule has 0 fully saturated rings. The number of aryl methyl sites for hydroxylation is 3. The fourth-order valence-electron chi connectivity index (χ4n) is 3.83. The molecule has 0 radical (unpaired) electrons. The summed E-state index contributed by atoms with van der Waals surface area (Å²) in [6, 6.07) is 5.48. The minimum absolute atomic E-state index is 0.144. The first-order chi connectivity index (χ1) is 16.8. The van der Waals surface area contributed by atoms with Crippen molar-refractivity contribution in [2.45, 2.75) is 33.9 Å². The van der Waals surface area contributed by atoms with E-state index in [0.29, 0.717) is 35.3 Å². The van der Waals surface area contributed by atoms with E-state index in [2.05, 4.69) is 35.8 Å². The third kappa shape index (κ3) is 4.76. The Kier molecular flexibility index (Phi) is 6.62. The average molecular weight is 477 g/mol. The summed E-state index contributed by atoms with van der Waals surface area (Å²) in [5, 5.41) is 15.3. The molecule has 4 aromatic rings. The fourth-order valence-corrected chi connectivity index (χ4v) is 3.83. The van der Waals surface area contributed by atoms with E-state index in [0.717, 1.165) is 23.5 Å². The summed E-state index contributed by atoms with van der Waals surface area (Å²) >= 11 is 0. The topological polar surface area (TPSA) is 151 Å². The van der Waals surface area contributed by atoms with E-state index in [1.54, 1.807) is 31.2 Å². The Morgan fingerprint density at radius 2 is 2.00 bits per heavy atom. The van der Waals surface area contributed by atoms with Crippen LogP contribution in [0.25, 0.3) is 11.4 Å². The molecule has 0 spiro atoms. The van der Waals surface area contributed by atoms with Crippen LogP contribution in [0.15, 0.2) is 30.7 Å². The number of anilines is 3. The zero-order valence-corrected chi connectivity index (χ0v) is 20.3. The summed E-state index contributed by atoms with van der Waals surface area (Å²) in [4.78, 5) is 25.2. The van der Waals surface area contributed by atoms with Crippen LogP contribution in [0, 0.1) is 13.8 Å². The first kappa shape index (κ1) is 23.7. The van der Waals surface area contributed by atoms with Crippen molar-refractivity contribution in [3.05, 3.63) is 53.2 Å². The van der Waals surface area contributed by atoms with Gasteiger partial charge in [-0.25, -0.2) is 9.97 Å². The Labute approximate surface area is 202 Å². The third-order valence-electron chi connectivity index (χ3n) is 5.62. The monoisotopic (exact) mass is 476 g/mol. The highest BCUT2D eigenvalue weighted by molar-refractivity contribution is 5.98. The van der Waals surface area contributed by atoms with Gasteiger partial charge in [0.2, 0.25) is 5.95 Å². The summed E-state index contributed by atoms with van der Waals surface area (Å²) in [6.07, 6.45) is 3.00. The van der Waals surface area contributed by atoms with Crippen LogP contribution < -0.4 is 21.1 Å². The molecule has 0 atom stereocenters. The van der Waals surface area contributed by atoms with Crippen molar-refractivity contribution < 1.29 is 9.53 Å². The van der Waals surface area contributed by atoms with Crippen LogP contribution in [0.3, 0.4) is 0 Å². The van der Waals surface area contributed by atoms with E-state index >= 15 is 0 Å². The number of benzene rings is 1. The molecule has 12 heteroatoms. The van der Waals surface area contributed by atoms with E-state index < -0.39 is 5.91 Å². The molecule has 0 saturated carbocycles. The van der Waals surface area contributed by atoms with Gasteiger partial charge in [-0.05, 0) is 32.9 Å².